The van der Waals surface area contributed by atoms with Crippen LogP contribution in [-0.2, 0) is 4.79 Å². The summed E-state index contributed by atoms with van der Waals surface area (Å²) in [5, 5.41) is 8.85. The molecule has 21 heavy (non-hydrogen) atoms. The standard InChI is InChI=1S/C15H23N3O3/c1-2-7-18(12-14(19)20)15(21)17-10-8-16(9-11-17)13-5-3-4-6-13/h1,13H,3-12H2,(H,19,20). The van der Waals surface area contributed by atoms with Gasteiger partial charge < -0.3 is 14.9 Å². The highest BCUT2D eigenvalue weighted by molar-refractivity contribution is 5.80. The SMILES string of the molecule is C#CCN(CC(=O)O)C(=O)N1CCN(C2CCCC2)CC1. The van der Waals surface area contributed by atoms with Gasteiger partial charge in [-0.2, -0.15) is 0 Å². The van der Waals surface area contributed by atoms with Crippen LogP contribution in [0.15, 0.2) is 0 Å². The van der Waals surface area contributed by atoms with Gasteiger partial charge in [-0.1, -0.05) is 18.8 Å². The van der Waals surface area contributed by atoms with E-state index in [-0.39, 0.29) is 19.1 Å². The van der Waals surface area contributed by atoms with E-state index in [0.717, 1.165) is 13.1 Å². The van der Waals surface area contributed by atoms with Crippen molar-refractivity contribution in [2.24, 2.45) is 0 Å². The number of carboxylic acid groups (broad SMARTS) is 1. The number of piperazine rings is 1. The number of carbonyl (C=O) groups is 2. The van der Waals surface area contributed by atoms with E-state index >= 15 is 0 Å². The van der Waals surface area contributed by atoms with Crippen molar-refractivity contribution in [1.29, 1.82) is 0 Å². The van der Waals surface area contributed by atoms with Crippen LogP contribution in [0.25, 0.3) is 0 Å². The molecule has 0 aromatic carbocycles. The molecular formula is C15H23N3O3. The van der Waals surface area contributed by atoms with Crippen molar-refractivity contribution in [3.63, 3.8) is 0 Å². The molecule has 6 heteroatoms. The number of terminal acetylenes is 1. The minimum absolute atomic E-state index is 0.0357. The predicted octanol–water partition coefficient (Wildman–Crippen LogP) is 0.686. The third-order valence-electron chi connectivity index (χ3n) is 4.30. The largest absolute Gasteiger partial charge is 0.480 e. The summed E-state index contributed by atoms with van der Waals surface area (Å²) in [6.07, 6.45) is 10.3. The number of nitrogens with zero attached hydrogens (tertiary/aromatic N) is 3. The number of amides is 2. The molecule has 116 valence electrons. The molecule has 1 aliphatic heterocycles. The highest BCUT2D eigenvalue weighted by Gasteiger charge is 2.29. The van der Waals surface area contributed by atoms with E-state index in [9.17, 15) is 9.59 Å². The van der Waals surface area contributed by atoms with E-state index in [0.29, 0.717) is 19.1 Å². The zero-order valence-electron chi connectivity index (χ0n) is 12.3. The molecule has 0 radical (unpaired) electrons. The van der Waals surface area contributed by atoms with Gasteiger partial charge in [0.05, 0.1) is 6.54 Å². The third-order valence-corrected chi connectivity index (χ3v) is 4.30. The molecule has 6 nitrogen and oxygen atoms in total. The van der Waals surface area contributed by atoms with E-state index in [1.54, 1.807) is 4.90 Å². The van der Waals surface area contributed by atoms with Crippen LogP contribution in [-0.4, -0.2) is 77.1 Å². The summed E-state index contributed by atoms with van der Waals surface area (Å²) >= 11 is 0. The van der Waals surface area contributed by atoms with Crippen LogP contribution in [0.5, 0.6) is 0 Å². The second-order valence-electron chi connectivity index (χ2n) is 5.70. The number of hydrogen-bond acceptors (Lipinski definition) is 3. The topological polar surface area (TPSA) is 64.1 Å². The molecule has 0 aromatic rings. The molecule has 1 heterocycles. The van der Waals surface area contributed by atoms with Crippen molar-refractivity contribution < 1.29 is 14.7 Å². The van der Waals surface area contributed by atoms with E-state index in [1.165, 1.54) is 30.6 Å². The lowest BCUT2D eigenvalue weighted by Gasteiger charge is -2.39. The van der Waals surface area contributed by atoms with Gasteiger partial charge >= 0.3 is 12.0 Å². The van der Waals surface area contributed by atoms with E-state index < -0.39 is 5.97 Å². The second kappa shape index (κ2) is 7.32. The molecule has 2 amide bonds. The Bertz CT molecular complexity index is 418. The van der Waals surface area contributed by atoms with Gasteiger partial charge in [0.2, 0.25) is 0 Å². The molecule has 1 saturated carbocycles. The monoisotopic (exact) mass is 293 g/mol. The maximum atomic E-state index is 12.3. The molecule has 0 aromatic heterocycles. The third kappa shape index (κ3) is 4.11. The summed E-state index contributed by atoms with van der Waals surface area (Å²) in [6.45, 7) is 2.73. The Morgan fingerprint density at radius 3 is 2.33 bits per heavy atom. The fourth-order valence-corrected chi connectivity index (χ4v) is 3.21. The van der Waals surface area contributed by atoms with Gasteiger partial charge in [0.1, 0.15) is 6.54 Å². The fraction of sp³-hybridized carbons (Fsp3) is 0.733. The lowest BCUT2D eigenvalue weighted by molar-refractivity contribution is -0.137. The number of aliphatic carboxylic acids is 1. The molecule has 0 unspecified atom stereocenters. The minimum Gasteiger partial charge on any atom is -0.480 e. The van der Waals surface area contributed by atoms with Gasteiger partial charge in [0, 0.05) is 32.2 Å². The molecular weight excluding hydrogens is 270 g/mol. The first-order valence-electron chi connectivity index (χ1n) is 7.55. The van der Waals surface area contributed by atoms with Crippen molar-refractivity contribution in [1.82, 2.24) is 14.7 Å². The number of hydrogen-bond donors (Lipinski definition) is 1. The summed E-state index contributed by atoms with van der Waals surface area (Å²) in [4.78, 5) is 28.5. The van der Waals surface area contributed by atoms with Gasteiger partial charge in [-0.05, 0) is 12.8 Å². The van der Waals surface area contributed by atoms with Gasteiger partial charge in [-0.3, -0.25) is 9.69 Å². The molecule has 0 atom stereocenters. The molecule has 2 aliphatic rings. The highest BCUT2D eigenvalue weighted by Crippen LogP contribution is 2.24. The maximum Gasteiger partial charge on any atom is 0.323 e. The Morgan fingerprint density at radius 1 is 1.19 bits per heavy atom. The van der Waals surface area contributed by atoms with Crippen molar-refractivity contribution in [2.75, 3.05) is 39.3 Å². The van der Waals surface area contributed by atoms with Gasteiger partial charge in [0.25, 0.3) is 0 Å². The Kier molecular flexibility index (Phi) is 5.45. The summed E-state index contributed by atoms with van der Waals surface area (Å²) < 4.78 is 0. The van der Waals surface area contributed by atoms with Crippen molar-refractivity contribution in [3.8, 4) is 12.3 Å². The van der Waals surface area contributed by atoms with E-state index in [4.69, 9.17) is 11.5 Å². The first kappa shape index (κ1) is 15.6. The molecule has 1 N–H and O–H groups in total. The predicted molar refractivity (Wildman–Crippen MR) is 78.8 cm³/mol. The summed E-state index contributed by atoms with van der Waals surface area (Å²) in [6, 6.07) is 0.407. The molecule has 2 rings (SSSR count). The van der Waals surface area contributed by atoms with Crippen LogP contribution >= 0.6 is 0 Å². The van der Waals surface area contributed by atoms with Crippen LogP contribution in [0.1, 0.15) is 25.7 Å². The van der Waals surface area contributed by atoms with E-state index in [2.05, 4.69) is 10.8 Å². The number of urea groups is 1. The van der Waals surface area contributed by atoms with Crippen LogP contribution in [0, 0.1) is 12.3 Å². The van der Waals surface area contributed by atoms with Gasteiger partial charge in [-0.15, -0.1) is 6.42 Å². The first-order chi connectivity index (χ1) is 10.1. The number of carboxylic acids is 1. The Morgan fingerprint density at radius 2 is 1.81 bits per heavy atom. The van der Waals surface area contributed by atoms with Crippen LogP contribution in [0.2, 0.25) is 0 Å². The zero-order chi connectivity index (χ0) is 15.2. The van der Waals surface area contributed by atoms with E-state index in [1.807, 2.05) is 0 Å². The van der Waals surface area contributed by atoms with Crippen molar-refractivity contribution >= 4 is 12.0 Å². The van der Waals surface area contributed by atoms with Crippen molar-refractivity contribution in [2.45, 2.75) is 31.7 Å². The van der Waals surface area contributed by atoms with Gasteiger partial charge in [0.15, 0.2) is 0 Å². The second-order valence-corrected chi connectivity index (χ2v) is 5.70. The Labute approximate surface area is 125 Å². The smallest absolute Gasteiger partial charge is 0.323 e. The maximum absolute atomic E-state index is 12.3. The molecule has 2 fully saturated rings. The molecule has 1 saturated heterocycles. The summed E-state index contributed by atoms with van der Waals surface area (Å²) in [5.41, 5.74) is 0. The Balaban J connectivity index is 1.86. The number of rotatable bonds is 4. The molecule has 1 aliphatic carbocycles. The van der Waals surface area contributed by atoms with Crippen molar-refractivity contribution in [3.05, 3.63) is 0 Å². The van der Waals surface area contributed by atoms with Crippen LogP contribution in [0.4, 0.5) is 4.79 Å². The average molecular weight is 293 g/mol. The lowest BCUT2D eigenvalue weighted by atomic mass is 10.2. The lowest BCUT2D eigenvalue weighted by Crippen LogP contribution is -2.55. The number of carbonyl (C=O) groups excluding carboxylic acids is 1. The summed E-state index contributed by atoms with van der Waals surface area (Å²) in [7, 11) is 0. The molecule has 0 spiro atoms. The molecule has 0 bridgehead atoms. The van der Waals surface area contributed by atoms with Gasteiger partial charge in [-0.25, -0.2) is 4.79 Å². The average Bonchev–Trinajstić information content (AvgIpc) is 3.00. The highest BCUT2D eigenvalue weighted by atomic mass is 16.4. The minimum atomic E-state index is -1.04. The summed E-state index contributed by atoms with van der Waals surface area (Å²) in [5.74, 6) is 1.31. The quantitative estimate of drug-likeness (QED) is 0.775. The normalized spacial score (nSPS) is 20.2. The van der Waals surface area contributed by atoms with Crippen LogP contribution in [0.3, 0.4) is 0 Å². The Hall–Kier alpha value is -1.74. The fourth-order valence-electron chi connectivity index (χ4n) is 3.21. The van der Waals surface area contributed by atoms with Crippen LogP contribution < -0.4 is 0 Å². The zero-order valence-corrected chi connectivity index (χ0v) is 12.3. The first-order valence-corrected chi connectivity index (χ1v) is 7.55.